The Morgan fingerprint density at radius 2 is 2.32 bits per heavy atom. The predicted octanol–water partition coefficient (Wildman–Crippen LogP) is 1.80. The number of pyridine rings is 1. The molecule has 116 valence electrons. The maximum absolute atomic E-state index is 6.12. The Morgan fingerprint density at radius 3 is 3.05 bits per heavy atom. The number of hydrogen-bond acceptors (Lipinski definition) is 6. The van der Waals surface area contributed by atoms with Gasteiger partial charge in [-0.2, -0.15) is 10.2 Å². The minimum atomic E-state index is 0.574. The third kappa shape index (κ3) is 2.97. The maximum Gasteiger partial charge on any atom is 0.188 e. The molecular formula is C14H18BrN7. The Kier molecular flexibility index (Phi) is 4.39. The van der Waals surface area contributed by atoms with Crippen LogP contribution in [0.15, 0.2) is 23.4 Å². The average Bonchev–Trinajstić information content (AvgIpc) is 3.16. The van der Waals surface area contributed by atoms with E-state index in [9.17, 15) is 0 Å². The lowest BCUT2D eigenvalue weighted by molar-refractivity contribution is 0.727. The van der Waals surface area contributed by atoms with Crippen LogP contribution >= 0.6 is 15.9 Å². The number of hydrogen-bond donors (Lipinski definition) is 2. The first kappa shape index (κ1) is 15.0. The van der Waals surface area contributed by atoms with E-state index < -0.39 is 0 Å². The molecule has 2 aromatic rings. The van der Waals surface area contributed by atoms with Gasteiger partial charge in [0.25, 0.3) is 0 Å². The second kappa shape index (κ2) is 6.45. The highest BCUT2D eigenvalue weighted by Gasteiger charge is 2.15. The lowest BCUT2D eigenvalue weighted by Gasteiger charge is -2.13. The molecule has 0 saturated heterocycles. The van der Waals surface area contributed by atoms with Crippen LogP contribution in [0, 0.1) is 6.92 Å². The SMILES string of the molecule is Cc1cc(-n2ccc(N3N=CCN3)n2)c(CCCBr)c(N)n1. The Morgan fingerprint density at radius 1 is 1.45 bits per heavy atom. The number of hydrazine groups is 1. The molecule has 0 radical (unpaired) electrons. The summed E-state index contributed by atoms with van der Waals surface area (Å²) >= 11 is 3.46. The fourth-order valence-corrected chi connectivity index (χ4v) is 2.68. The van der Waals surface area contributed by atoms with Crippen molar-refractivity contribution in [1.82, 2.24) is 20.2 Å². The van der Waals surface area contributed by atoms with Crippen LogP contribution in [-0.4, -0.2) is 32.9 Å². The van der Waals surface area contributed by atoms with Gasteiger partial charge in [0.05, 0.1) is 12.2 Å². The maximum atomic E-state index is 6.12. The Hall–Kier alpha value is -1.93. The monoisotopic (exact) mass is 363 g/mol. The number of nitrogen functional groups attached to an aromatic ring is 1. The van der Waals surface area contributed by atoms with Crippen molar-refractivity contribution in [2.24, 2.45) is 5.10 Å². The van der Waals surface area contributed by atoms with Crippen LogP contribution in [0.1, 0.15) is 17.7 Å². The topological polar surface area (TPSA) is 84.4 Å². The van der Waals surface area contributed by atoms with Crippen molar-refractivity contribution in [2.45, 2.75) is 19.8 Å². The van der Waals surface area contributed by atoms with E-state index in [1.165, 1.54) is 0 Å². The summed E-state index contributed by atoms with van der Waals surface area (Å²) in [6.07, 6.45) is 5.56. The van der Waals surface area contributed by atoms with Gasteiger partial charge in [-0.3, -0.25) is 0 Å². The quantitative estimate of drug-likeness (QED) is 0.791. The van der Waals surface area contributed by atoms with Gasteiger partial charge in [0, 0.05) is 35.1 Å². The highest BCUT2D eigenvalue weighted by atomic mass is 79.9. The van der Waals surface area contributed by atoms with Crippen LogP contribution in [0.4, 0.5) is 11.6 Å². The Balaban J connectivity index is 1.97. The van der Waals surface area contributed by atoms with E-state index >= 15 is 0 Å². The van der Waals surface area contributed by atoms with Crippen molar-refractivity contribution >= 4 is 33.8 Å². The van der Waals surface area contributed by atoms with Gasteiger partial charge in [0.15, 0.2) is 5.82 Å². The first-order chi connectivity index (χ1) is 10.7. The van der Waals surface area contributed by atoms with E-state index in [0.29, 0.717) is 12.4 Å². The summed E-state index contributed by atoms with van der Waals surface area (Å²) in [5.74, 6) is 1.32. The van der Waals surface area contributed by atoms with Crippen LogP contribution in [-0.2, 0) is 6.42 Å². The fourth-order valence-electron chi connectivity index (χ4n) is 2.40. The summed E-state index contributed by atoms with van der Waals surface area (Å²) in [5, 5.41) is 11.4. The fraction of sp³-hybridized carbons (Fsp3) is 0.357. The number of hydrazone groups is 1. The molecule has 0 aliphatic carbocycles. The standard InChI is InChI=1S/C14H18BrN7/c1-10-9-12(11(3-2-5-15)14(16)19-10)21-8-4-13(20-21)22-17-6-7-18-22/h4,6,8-9,18H,2-3,5,7H2,1H3,(H2,16,19). The zero-order chi connectivity index (χ0) is 15.5. The minimum absolute atomic E-state index is 0.574. The number of rotatable bonds is 5. The Labute approximate surface area is 137 Å². The molecule has 3 N–H and O–H groups in total. The number of nitrogens with zero attached hydrogens (tertiary/aromatic N) is 5. The molecule has 3 heterocycles. The lowest BCUT2D eigenvalue weighted by Crippen LogP contribution is -2.28. The summed E-state index contributed by atoms with van der Waals surface area (Å²) < 4.78 is 1.83. The largest absolute Gasteiger partial charge is 0.383 e. The molecule has 22 heavy (non-hydrogen) atoms. The van der Waals surface area contributed by atoms with Crippen molar-refractivity contribution in [3.8, 4) is 5.69 Å². The summed E-state index contributed by atoms with van der Waals surface area (Å²) in [7, 11) is 0. The first-order valence-electron chi connectivity index (χ1n) is 7.13. The van der Waals surface area contributed by atoms with Crippen molar-refractivity contribution in [2.75, 3.05) is 22.7 Å². The van der Waals surface area contributed by atoms with E-state index in [4.69, 9.17) is 5.73 Å². The molecule has 8 heteroatoms. The molecular weight excluding hydrogens is 346 g/mol. The lowest BCUT2D eigenvalue weighted by atomic mass is 10.1. The summed E-state index contributed by atoms with van der Waals surface area (Å²) in [4.78, 5) is 4.37. The van der Waals surface area contributed by atoms with Crippen molar-refractivity contribution < 1.29 is 0 Å². The number of anilines is 2. The number of nitrogens with one attached hydrogen (secondary N) is 1. The minimum Gasteiger partial charge on any atom is -0.383 e. The normalized spacial score (nSPS) is 14.0. The molecule has 0 spiro atoms. The van der Waals surface area contributed by atoms with Crippen LogP contribution in [0.5, 0.6) is 0 Å². The van der Waals surface area contributed by atoms with Gasteiger partial charge >= 0.3 is 0 Å². The second-order valence-corrected chi connectivity index (χ2v) is 5.82. The molecule has 0 unspecified atom stereocenters. The van der Waals surface area contributed by atoms with Gasteiger partial charge in [-0.15, -0.1) is 5.10 Å². The highest BCUT2D eigenvalue weighted by Crippen LogP contribution is 2.24. The smallest absolute Gasteiger partial charge is 0.188 e. The van der Waals surface area contributed by atoms with Gasteiger partial charge in [-0.05, 0) is 25.8 Å². The van der Waals surface area contributed by atoms with E-state index in [0.717, 1.165) is 40.9 Å². The van der Waals surface area contributed by atoms with Crippen LogP contribution in [0.2, 0.25) is 0 Å². The van der Waals surface area contributed by atoms with E-state index in [2.05, 4.69) is 36.5 Å². The van der Waals surface area contributed by atoms with E-state index in [1.54, 1.807) is 11.3 Å². The molecule has 0 atom stereocenters. The van der Waals surface area contributed by atoms with Crippen molar-refractivity contribution in [3.63, 3.8) is 0 Å². The number of halogens is 1. The van der Waals surface area contributed by atoms with Gasteiger partial charge < -0.3 is 5.73 Å². The van der Waals surface area contributed by atoms with Gasteiger partial charge in [-0.1, -0.05) is 15.9 Å². The first-order valence-corrected chi connectivity index (χ1v) is 8.25. The molecule has 1 aliphatic heterocycles. The van der Waals surface area contributed by atoms with Gasteiger partial charge in [0.2, 0.25) is 0 Å². The summed E-state index contributed by atoms with van der Waals surface area (Å²) in [6, 6.07) is 3.92. The molecule has 0 fully saturated rings. The van der Waals surface area contributed by atoms with Gasteiger partial charge in [-0.25, -0.2) is 15.1 Å². The molecule has 3 rings (SSSR count). The number of alkyl halides is 1. The van der Waals surface area contributed by atoms with Gasteiger partial charge in [0.1, 0.15) is 5.82 Å². The second-order valence-electron chi connectivity index (χ2n) is 5.03. The molecule has 7 nitrogen and oxygen atoms in total. The molecule has 2 aromatic heterocycles. The molecule has 0 aromatic carbocycles. The molecule has 1 aliphatic rings. The van der Waals surface area contributed by atoms with E-state index in [-0.39, 0.29) is 0 Å². The van der Waals surface area contributed by atoms with Crippen LogP contribution in [0.25, 0.3) is 5.69 Å². The third-order valence-corrected chi connectivity index (χ3v) is 3.95. The van der Waals surface area contributed by atoms with E-state index in [1.807, 2.05) is 29.9 Å². The van der Waals surface area contributed by atoms with Crippen LogP contribution < -0.4 is 16.3 Å². The summed E-state index contributed by atoms with van der Waals surface area (Å²) in [5.41, 5.74) is 12.1. The van der Waals surface area contributed by atoms with Crippen LogP contribution in [0.3, 0.4) is 0 Å². The number of nitrogens with two attached hydrogens (primary N) is 1. The predicted molar refractivity (Wildman–Crippen MR) is 91.6 cm³/mol. The van der Waals surface area contributed by atoms with Crippen molar-refractivity contribution in [3.05, 3.63) is 29.6 Å². The van der Waals surface area contributed by atoms with Crippen molar-refractivity contribution in [1.29, 1.82) is 0 Å². The highest BCUT2D eigenvalue weighted by molar-refractivity contribution is 9.09. The average molecular weight is 364 g/mol. The molecule has 0 amide bonds. The third-order valence-electron chi connectivity index (χ3n) is 3.39. The summed E-state index contributed by atoms with van der Waals surface area (Å²) in [6.45, 7) is 2.65. The molecule has 0 bridgehead atoms. The zero-order valence-electron chi connectivity index (χ0n) is 12.3. The zero-order valence-corrected chi connectivity index (χ0v) is 13.9. The number of aromatic nitrogens is 3. The Bertz CT molecular complexity index is 694. The number of aryl methyl sites for hydroxylation is 1. The molecule has 0 saturated carbocycles.